The normalized spacial score (nSPS) is 12.6. The molecule has 0 saturated heterocycles. The van der Waals surface area contributed by atoms with Gasteiger partial charge in [0.05, 0.1) is 0 Å². The van der Waals surface area contributed by atoms with E-state index in [1.807, 2.05) is 0 Å². The molecule has 6 nitrogen and oxygen atoms in total. The molecule has 0 radical (unpaired) electrons. The molecule has 0 heterocycles. The van der Waals surface area contributed by atoms with Gasteiger partial charge in [0.2, 0.25) is 0 Å². The third kappa shape index (κ3) is 42.3. The minimum absolute atomic E-state index is 0.0950. The van der Waals surface area contributed by atoms with E-state index < -0.39 is 6.10 Å². The molecule has 0 aromatic carbocycles. The number of carbonyl (C=O) groups excluding carboxylic acids is 3. The molecule has 1 atom stereocenters. The van der Waals surface area contributed by atoms with Crippen LogP contribution in [0.3, 0.4) is 0 Å². The Morgan fingerprint density at radius 2 is 0.768 bits per heavy atom. The predicted molar refractivity (Wildman–Crippen MR) is 238 cm³/mol. The topological polar surface area (TPSA) is 78.9 Å². The summed E-state index contributed by atoms with van der Waals surface area (Å²) in [5.74, 6) is -0.964. The number of esters is 3. The Hall–Kier alpha value is -2.89. The quantitative estimate of drug-likeness (QED) is 0.0202. The van der Waals surface area contributed by atoms with Crippen molar-refractivity contribution < 1.29 is 28.6 Å². The van der Waals surface area contributed by atoms with Crippen molar-refractivity contribution in [1.29, 1.82) is 0 Å². The monoisotopic (exact) mass is 783 g/mol. The first-order chi connectivity index (χ1) is 27.5. The van der Waals surface area contributed by atoms with E-state index in [2.05, 4.69) is 81.5 Å². The molecule has 0 aliphatic carbocycles. The molecule has 0 rings (SSSR count). The molecule has 0 N–H and O–H groups in total. The summed E-state index contributed by atoms with van der Waals surface area (Å²) < 4.78 is 16.7. The van der Waals surface area contributed by atoms with Gasteiger partial charge < -0.3 is 14.2 Å². The van der Waals surface area contributed by atoms with Gasteiger partial charge in [-0.05, 0) is 70.6 Å². The van der Waals surface area contributed by atoms with E-state index in [1.165, 1.54) is 103 Å². The first-order valence-corrected chi connectivity index (χ1v) is 23.3. The van der Waals surface area contributed by atoms with Crippen molar-refractivity contribution in [2.45, 2.75) is 226 Å². The third-order valence-electron chi connectivity index (χ3n) is 9.78. The summed E-state index contributed by atoms with van der Waals surface area (Å²) in [6, 6.07) is 0. The van der Waals surface area contributed by atoms with Crippen LogP contribution in [0.1, 0.15) is 220 Å². The highest BCUT2D eigenvalue weighted by molar-refractivity contribution is 5.71. The fourth-order valence-electron chi connectivity index (χ4n) is 6.28. The Kier molecular flexibility index (Phi) is 42.5. The maximum Gasteiger partial charge on any atom is 0.306 e. The number of carbonyl (C=O) groups is 3. The van der Waals surface area contributed by atoms with Gasteiger partial charge >= 0.3 is 17.9 Å². The second kappa shape index (κ2) is 44.8. The van der Waals surface area contributed by atoms with Crippen LogP contribution in [0.2, 0.25) is 0 Å². The van der Waals surface area contributed by atoms with Gasteiger partial charge in [-0.15, -0.1) is 0 Å². The Balaban J connectivity index is 4.44. The molecule has 0 aliphatic heterocycles. The fourth-order valence-corrected chi connectivity index (χ4v) is 6.28. The average molecular weight is 783 g/mol. The minimum atomic E-state index is -0.794. The molecule has 0 spiro atoms. The van der Waals surface area contributed by atoms with Crippen LogP contribution in [-0.4, -0.2) is 37.2 Å². The van der Waals surface area contributed by atoms with Gasteiger partial charge in [-0.3, -0.25) is 14.4 Å². The van der Waals surface area contributed by atoms with Crippen molar-refractivity contribution in [1.82, 2.24) is 0 Å². The van der Waals surface area contributed by atoms with Gasteiger partial charge in [0, 0.05) is 19.3 Å². The Labute approximate surface area is 345 Å². The second-order valence-electron chi connectivity index (χ2n) is 15.3. The first-order valence-electron chi connectivity index (χ1n) is 23.3. The standard InChI is InChI=1S/C50H86O6/c1-4-7-10-13-16-19-22-24-25-26-29-31-34-37-40-43-49(52)55-46-47(45-54-48(51)42-39-36-33-30-27-21-18-15-12-9-6-3)56-50(53)44-41-38-35-32-28-23-20-17-14-11-8-5-2/h9,12,16,18-19,21-22,24,30,33,47H,4-8,10-11,13-15,17,20,23,25-29,31-32,34-46H2,1-3H3/b12-9-,19-16-,21-18-,24-22-,33-30-. The molecule has 0 aromatic heterocycles. The lowest BCUT2D eigenvalue weighted by atomic mass is 10.0. The number of allylic oxidation sites excluding steroid dienone is 10. The van der Waals surface area contributed by atoms with Gasteiger partial charge in [0.1, 0.15) is 13.2 Å². The number of ether oxygens (including phenoxy) is 3. The lowest BCUT2D eigenvalue weighted by molar-refractivity contribution is -0.167. The summed E-state index contributed by atoms with van der Waals surface area (Å²) in [6.45, 7) is 6.42. The molecule has 0 aromatic rings. The van der Waals surface area contributed by atoms with E-state index in [1.54, 1.807) is 0 Å². The molecule has 0 aliphatic rings. The van der Waals surface area contributed by atoms with Crippen LogP contribution in [-0.2, 0) is 28.6 Å². The number of hydrogen-bond donors (Lipinski definition) is 0. The SMILES string of the molecule is CC/C=C\C/C=C\C/C=C\CCCC(=O)OCC(COC(=O)CCCCCCCC/C=C\C=C/CCCCC)OC(=O)CCCCCCCCCCCCCC. The molecule has 0 bridgehead atoms. The van der Waals surface area contributed by atoms with Crippen molar-refractivity contribution in [3.05, 3.63) is 60.8 Å². The fraction of sp³-hybridized carbons (Fsp3) is 0.740. The molecular weight excluding hydrogens is 697 g/mol. The van der Waals surface area contributed by atoms with Crippen LogP contribution >= 0.6 is 0 Å². The number of rotatable bonds is 41. The van der Waals surface area contributed by atoms with Crippen molar-refractivity contribution in [3.8, 4) is 0 Å². The van der Waals surface area contributed by atoms with E-state index in [4.69, 9.17) is 14.2 Å². The second-order valence-corrected chi connectivity index (χ2v) is 15.3. The van der Waals surface area contributed by atoms with Crippen molar-refractivity contribution in [2.24, 2.45) is 0 Å². The molecule has 0 amide bonds. The maximum atomic E-state index is 12.7. The summed E-state index contributed by atoms with van der Waals surface area (Å²) in [5, 5.41) is 0. The molecule has 0 fully saturated rings. The summed E-state index contributed by atoms with van der Waals surface area (Å²) in [5.41, 5.74) is 0. The van der Waals surface area contributed by atoms with Gasteiger partial charge in [0.25, 0.3) is 0 Å². The average Bonchev–Trinajstić information content (AvgIpc) is 3.19. The van der Waals surface area contributed by atoms with Crippen LogP contribution < -0.4 is 0 Å². The van der Waals surface area contributed by atoms with Crippen LogP contribution in [0, 0.1) is 0 Å². The zero-order chi connectivity index (χ0) is 40.8. The summed E-state index contributed by atoms with van der Waals surface area (Å²) >= 11 is 0. The Morgan fingerprint density at radius 3 is 1.29 bits per heavy atom. The Bertz CT molecular complexity index is 1040. The molecule has 0 saturated carbocycles. The molecule has 322 valence electrons. The van der Waals surface area contributed by atoms with Crippen molar-refractivity contribution >= 4 is 17.9 Å². The van der Waals surface area contributed by atoms with Crippen LogP contribution in [0.15, 0.2) is 60.8 Å². The van der Waals surface area contributed by atoms with E-state index in [0.29, 0.717) is 19.3 Å². The number of unbranched alkanes of at least 4 members (excludes halogenated alkanes) is 21. The molecule has 1 unspecified atom stereocenters. The lowest BCUT2D eigenvalue weighted by Crippen LogP contribution is -2.30. The molecular formula is C50H86O6. The number of hydrogen-bond acceptors (Lipinski definition) is 6. The first kappa shape index (κ1) is 53.1. The lowest BCUT2D eigenvalue weighted by Gasteiger charge is -2.18. The van der Waals surface area contributed by atoms with Crippen molar-refractivity contribution in [2.75, 3.05) is 13.2 Å². The Morgan fingerprint density at radius 1 is 0.393 bits per heavy atom. The van der Waals surface area contributed by atoms with E-state index in [0.717, 1.165) is 70.6 Å². The van der Waals surface area contributed by atoms with Gasteiger partial charge in [-0.25, -0.2) is 0 Å². The van der Waals surface area contributed by atoms with Gasteiger partial charge in [-0.2, -0.15) is 0 Å². The van der Waals surface area contributed by atoms with Crippen LogP contribution in [0.5, 0.6) is 0 Å². The maximum absolute atomic E-state index is 12.7. The van der Waals surface area contributed by atoms with Crippen molar-refractivity contribution in [3.63, 3.8) is 0 Å². The van der Waals surface area contributed by atoms with Gasteiger partial charge in [0.15, 0.2) is 6.10 Å². The molecule has 56 heavy (non-hydrogen) atoms. The highest BCUT2D eigenvalue weighted by Gasteiger charge is 2.19. The third-order valence-corrected chi connectivity index (χ3v) is 9.78. The van der Waals surface area contributed by atoms with Crippen LogP contribution in [0.25, 0.3) is 0 Å². The zero-order valence-electron chi connectivity index (χ0n) is 36.6. The smallest absolute Gasteiger partial charge is 0.306 e. The summed E-state index contributed by atoms with van der Waals surface area (Å²) in [7, 11) is 0. The zero-order valence-corrected chi connectivity index (χ0v) is 36.6. The van der Waals surface area contributed by atoms with Crippen LogP contribution in [0.4, 0.5) is 0 Å². The highest BCUT2D eigenvalue weighted by Crippen LogP contribution is 2.14. The largest absolute Gasteiger partial charge is 0.462 e. The summed E-state index contributed by atoms with van der Waals surface area (Å²) in [4.78, 5) is 37.7. The predicted octanol–water partition coefficient (Wildman–Crippen LogP) is 14.9. The molecule has 6 heteroatoms. The summed E-state index contributed by atoms with van der Waals surface area (Å²) in [6.07, 6.45) is 53.5. The van der Waals surface area contributed by atoms with Gasteiger partial charge in [-0.1, -0.05) is 191 Å². The minimum Gasteiger partial charge on any atom is -0.462 e. The van der Waals surface area contributed by atoms with E-state index in [9.17, 15) is 14.4 Å². The van der Waals surface area contributed by atoms with E-state index in [-0.39, 0.29) is 37.5 Å². The highest BCUT2D eigenvalue weighted by atomic mass is 16.6. The van der Waals surface area contributed by atoms with E-state index >= 15 is 0 Å².